The molecule has 20 heavy (non-hydrogen) atoms. The maximum absolute atomic E-state index is 6.16. The van der Waals surface area contributed by atoms with Gasteiger partial charge >= 0.3 is 0 Å². The minimum Gasteiger partial charge on any atom is -0.461 e. The molecule has 0 aliphatic carbocycles. The molecule has 0 unspecified atom stereocenters. The van der Waals surface area contributed by atoms with Crippen LogP contribution in [-0.2, 0) is 6.54 Å². The Kier molecular flexibility index (Phi) is 3.60. The lowest BCUT2D eigenvalue weighted by Crippen LogP contribution is -2.01. The Morgan fingerprint density at radius 3 is 2.45 bits per heavy atom. The number of fused-ring (bicyclic) bond motifs is 1. The van der Waals surface area contributed by atoms with Gasteiger partial charge in [-0.25, -0.2) is 0 Å². The van der Waals surface area contributed by atoms with E-state index in [0.29, 0.717) is 16.6 Å². The summed E-state index contributed by atoms with van der Waals surface area (Å²) in [5, 5.41) is 5.63. The van der Waals surface area contributed by atoms with Crippen LogP contribution in [0.5, 0.6) is 0 Å². The molecule has 0 saturated heterocycles. The highest BCUT2D eigenvalue weighted by Crippen LogP contribution is 2.32. The van der Waals surface area contributed by atoms with Crippen molar-refractivity contribution in [2.24, 2.45) is 0 Å². The SMILES string of the molecule is Cc1oc2ccccc2c1CNc1c(Cl)cccc1Cl. The summed E-state index contributed by atoms with van der Waals surface area (Å²) < 4.78 is 5.74. The highest BCUT2D eigenvalue weighted by Gasteiger charge is 2.11. The Morgan fingerprint density at radius 1 is 1.00 bits per heavy atom. The van der Waals surface area contributed by atoms with Gasteiger partial charge < -0.3 is 9.73 Å². The van der Waals surface area contributed by atoms with E-state index in [-0.39, 0.29) is 0 Å². The Labute approximate surface area is 127 Å². The largest absolute Gasteiger partial charge is 0.461 e. The number of hydrogen-bond acceptors (Lipinski definition) is 2. The summed E-state index contributed by atoms with van der Waals surface area (Å²) in [6, 6.07) is 13.4. The van der Waals surface area contributed by atoms with E-state index in [2.05, 4.69) is 11.4 Å². The summed E-state index contributed by atoms with van der Waals surface area (Å²) in [7, 11) is 0. The molecule has 0 atom stereocenters. The quantitative estimate of drug-likeness (QED) is 0.675. The van der Waals surface area contributed by atoms with Crippen LogP contribution in [0.3, 0.4) is 0 Å². The Morgan fingerprint density at radius 2 is 1.70 bits per heavy atom. The molecule has 3 aromatic rings. The summed E-state index contributed by atoms with van der Waals surface area (Å²) >= 11 is 12.3. The fourth-order valence-electron chi connectivity index (χ4n) is 2.28. The van der Waals surface area contributed by atoms with E-state index in [1.54, 1.807) is 0 Å². The molecule has 4 heteroatoms. The van der Waals surface area contributed by atoms with E-state index < -0.39 is 0 Å². The van der Waals surface area contributed by atoms with E-state index in [1.165, 1.54) is 0 Å². The molecule has 3 rings (SSSR count). The van der Waals surface area contributed by atoms with Crippen molar-refractivity contribution in [3.05, 3.63) is 63.8 Å². The first-order valence-electron chi connectivity index (χ1n) is 6.31. The number of benzene rings is 2. The number of para-hydroxylation sites is 2. The van der Waals surface area contributed by atoms with Crippen LogP contribution in [0.25, 0.3) is 11.0 Å². The third-order valence-corrected chi connectivity index (χ3v) is 3.93. The second-order valence-electron chi connectivity index (χ2n) is 4.58. The zero-order chi connectivity index (χ0) is 14.1. The van der Waals surface area contributed by atoms with Crippen molar-refractivity contribution in [2.45, 2.75) is 13.5 Å². The third-order valence-electron chi connectivity index (χ3n) is 3.30. The van der Waals surface area contributed by atoms with Crippen molar-refractivity contribution in [3.8, 4) is 0 Å². The highest BCUT2D eigenvalue weighted by atomic mass is 35.5. The van der Waals surface area contributed by atoms with Crippen molar-refractivity contribution in [3.63, 3.8) is 0 Å². The second kappa shape index (κ2) is 5.39. The average molecular weight is 306 g/mol. The molecule has 0 aliphatic heterocycles. The number of nitrogens with one attached hydrogen (secondary N) is 1. The topological polar surface area (TPSA) is 25.2 Å². The van der Waals surface area contributed by atoms with Crippen LogP contribution in [0.15, 0.2) is 46.9 Å². The van der Waals surface area contributed by atoms with Gasteiger partial charge in [-0.15, -0.1) is 0 Å². The van der Waals surface area contributed by atoms with Gasteiger partial charge in [-0.3, -0.25) is 0 Å². The van der Waals surface area contributed by atoms with E-state index in [9.17, 15) is 0 Å². The average Bonchev–Trinajstić information content (AvgIpc) is 2.74. The fraction of sp³-hybridized carbons (Fsp3) is 0.125. The third kappa shape index (κ3) is 2.37. The molecule has 0 aliphatic rings. The van der Waals surface area contributed by atoms with Crippen LogP contribution in [0.1, 0.15) is 11.3 Å². The molecule has 0 fully saturated rings. The summed E-state index contributed by atoms with van der Waals surface area (Å²) in [6.45, 7) is 2.58. The van der Waals surface area contributed by atoms with Crippen LogP contribution in [0.2, 0.25) is 10.0 Å². The second-order valence-corrected chi connectivity index (χ2v) is 5.40. The van der Waals surface area contributed by atoms with Gasteiger partial charge in [0, 0.05) is 17.5 Å². The van der Waals surface area contributed by atoms with E-state index in [4.69, 9.17) is 27.6 Å². The summed E-state index contributed by atoms with van der Waals surface area (Å²) in [4.78, 5) is 0. The minimum atomic E-state index is 0.614. The molecule has 2 nitrogen and oxygen atoms in total. The molecular weight excluding hydrogens is 293 g/mol. The lowest BCUT2D eigenvalue weighted by atomic mass is 10.1. The fourth-order valence-corrected chi connectivity index (χ4v) is 2.82. The van der Waals surface area contributed by atoms with Gasteiger partial charge in [-0.2, -0.15) is 0 Å². The van der Waals surface area contributed by atoms with E-state index in [0.717, 1.165) is 28.0 Å². The molecule has 0 spiro atoms. The van der Waals surface area contributed by atoms with E-state index >= 15 is 0 Å². The monoisotopic (exact) mass is 305 g/mol. The summed E-state index contributed by atoms with van der Waals surface area (Å²) in [6.07, 6.45) is 0. The van der Waals surface area contributed by atoms with Crippen LogP contribution < -0.4 is 5.32 Å². The van der Waals surface area contributed by atoms with Gasteiger partial charge in [0.05, 0.1) is 15.7 Å². The maximum Gasteiger partial charge on any atom is 0.134 e. The molecule has 2 aromatic carbocycles. The smallest absolute Gasteiger partial charge is 0.134 e. The predicted molar refractivity (Wildman–Crippen MR) is 84.7 cm³/mol. The van der Waals surface area contributed by atoms with Gasteiger partial charge in [-0.1, -0.05) is 47.5 Å². The number of halogens is 2. The van der Waals surface area contributed by atoms with Gasteiger partial charge in [0.1, 0.15) is 11.3 Å². The number of rotatable bonds is 3. The first kappa shape index (κ1) is 13.3. The van der Waals surface area contributed by atoms with Crippen LogP contribution in [0, 0.1) is 6.92 Å². The Balaban J connectivity index is 1.93. The molecule has 1 aromatic heterocycles. The number of anilines is 1. The zero-order valence-electron chi connectivity index (χ0n) is 10.9. The first-order valence-corrected chi connectivity index (χ1v) is 7.07. The molecule has 0 amide bonds. The van der Waals surface area contributed by atoms with E-state index in [1.807, 2.05) is 43.3 Å². The number of aryl methyl sites for hydroxylation is 1. The Hall–Kier alpha value is -1.64. The van der Waals surface area contributed by atoms with Crippen molar-refractivity contribution in [1.29, 1.82) is 0 Å². The molecule has 0 radical (unpaired) electrons. The van der Waals surface area contributed by atoms with Crippen molar-refractivity contribution in [1.82, 2.24) is 0 Å². The molecule has 1 N–H and O–H groups in total. The molecule has 102 valence electrons. The molecule has 0 bridgehead atoms. The van der Waals surface area contributed by atoms with Crippen LogP contribution >= 0.6 is 23.2 Å². The standard InChI is InChI=1S/C16H13Cl2NO/c1-10-12(11-5-2-3-8-15(11)20-10)9-19-16-13(17)6-4-7-14(16)18/h2-8,19H,9H2,1H3. The highest BCUT2D eigenvalue weighted by molar-refractivity contribution is 6.39. The van der Waals surface area contributed by atoms with Gasteiger partial charge in [0.25, 0.3) is 0 Å². The first-order chi connectivity index (χ1) is 9.66. The molecule has 0 saturated carbocycles. The summed E-state index contributed by atoms with van der Waals surface area (Å²) in [5.41, 5.74) is 2.77. The lowest BCUT2D eigenvalue weighted by Gasteiger charge is -2.10. The van der Waals surface area contributed by atoms with Crippen molar-refractivity contribution < 1.29 is 4.42 Å². The number of furan rings is 1. The normalized spacial score (nSPS) is 10.9. The number of hydrogen-bond donors (Lipinski definition) is 1. The minimum absolute atomic E-state index is 0.614. The van der Waals surface area contributed by atoms with Crippen molar-refractivity contribution >= 4 is 39.9 Å². The molecule has 1 heterocycles. The zero-order valence-corrected chi connectivity index (χ0v) is 12.4. The van der Waals surface area contributed by atoms with Crippen molar-refractivity contribution in [2.75, 3.05) is 5.32 Å². The van der Waals surface area contributed by atoms with Crippen LogP contribution in [0.4, 0.5) is 5.69 Å². The van der Waals surface area contributed by atoms with Gasteiger partial charge in [-0.05, 0) is 25.1 Å². The summed E-state index contributed by atoms with van der Waals surface area (Å²) in [5.74, 6) is 0.905. The maximum atomic E-state index is 6.16. The predicted octanol–water partition coefficient (Wildman–Crippen LogP) is 5.66. The van der Waals surface area contributed by atoms with Gasteiger partial charge in [0.15, 0.2) is 0 Å². The lowest BCUT2D eigenvalue weighted by molar-refractivity contribution is 0.573. The molecular formula is C16H13Cl2NO. The Bertz CT molecular complexity index is 744. The van der Waals surface area contributed by atoms with Crippen LogP contribution in [-0.4, -0.2) is 0 Å². The van der Waals surface area contributed by atoms with Gasteiger partial charge in [0.2, 0.25) is 0 Å².